The Labute approximate surface area is 217 Å². The second-order valence-corrected chi connectivity index (χ2v) is 11.3. The number of likely N-dealkylation sites (tertiary alicyclic amines) is 1. The van der Waals surface area contributed by atoms with E-state index in [0.717, 1.165) is 49.9 Å². The fraction of sp³-hybridized carbons (Fsp3) is 0.321. The maximum Gasteiger partial charge on any atom is 0.337 e. The van der Waals surface area contributed by atoms with Crippen LogP contribution in [0, 0.1) is 0 Å². The van der Waals surface area contributed by atoms with Gasteiger partial charge in [-0.3, -0.25) is 14.7 Å². The number of sulfone groups is 1. The van der Waals surface area contributed by atoms with E-state index in [1.165, 1.54) is 19.2 Å². The van der Waals surface area contributed by atoms with Crippen LogP contribution >= 0.6 is 0 Å². The molecular formula is C28H31N3O5S. The molecule has 0 aliphatic carbocycles. The Morgan fingerprint density at radius 2 is 1.62 bits per heavy atom. The van der Waals surface area contributed by atoms with Crippen LogP contribution in [0.1, 0.15) is 44.7 Å². The van der Waals surface area contributed by atoms with Crippen molar-refractivity contribution in [3.8, 4) is 0 Å². The standard InChI is InChI=1S/C28H31N3O5S/c1-36-28(33)24-7-5-21(6-8-24)19-30-16-13-25(14-17-30)31(20-22-4-3-15-29-18-22)27(32)23-9-11-26(12-10-23)37(2,34)35/h3-12,15,18,25H,13-14,16-17,19-20H2,1-2H3. The number of methoxy groups -OCH3 is 1. The van der Waals surface area contributed by atoms with Gasteiger partial charge >= 0.3 is 5.97 Å². The number of benzene rings is 2. The maximum absolute atomic E-state index is 13.6. The van der Waals surface area contributed by atoms with Crippen molar-refractivity contribution < 1.29 is 22.7 Å². The van der Waals surface area contributed by atoms with Gasteiger partial charge in [-0.1, -0.05) is 18.2 Å². The lowest BCUT2D eigenvalue weighted by atomic mass is 10.00. The molecule has 2 aromatic carbocycles. The van der Waals surface area contributed by atoms with Crippen LogP contribution in [0.25, 0.3) is 0 Å². The summed E-state index contributed by atoms with van der Waals surface area (Å²) in [4.78, 5) is 33.9. The summed E-state index contributed by atoms with van der Waals surface area (Å²) in [7, 11) is -1.97. The summed E-state index contributed by atoms with van der Waals surface area (Å²) in [6.45, 7) is 2.85. The molecule has 0 spiro atoms. The van der Waals surface area contributed by atoms with Gasteiger partial charge in [0.05, 0.1) is 17.6 Å². The normalized spacial score (nSPS) is 14.8. The van der Waals surface area contributed by atoms with Crippen LogP contribution < -0.4 is 0 Å². The van der Waals surface area contributed by atoms with Crippen LogP contribution in [-0.4, -0.2) is 67.6 Å². The minimum absolute atomic E-state index is 0.0419. The lowest BCUT2D eigenvalue weighted by Gasteiger charge is -2.38. The summed E-state index contributed by atoms with van der Waals surface area (Å²) in [5, 5.41) is 0. The Bertz CT molecular complexity index is 1320. The van der Waals surface area contributed by atoms with Crippen molar-refractivity contribution >= 4 is 21.7 Å². The SMILES string of the molecule is COC(=O)c1ccc(CN2CCC(N(Cc3cccnc3)C(=O)c3ccc(S(C)(=O)=O)cc3)CC2)cc1. The van der Waals surface area contributed by atoms with Gasteiger partial charge in [0.1, 0.15) is 0 Å². The molecule has 37 heavy (non-hydrogen) atoms. The molecule has 1 aliphatic heterocycles. The molecule has 1 aromatic heterocycles. The fourth-order valence-electron chi connectivity index (χ4n) is 4.58. The van der Waals surface area contributed by atoms with Gasteiger partial charge in [-0.2, -0.15) is 0 Å². The number of carbonyl (C=O) groups is 2. The van der Waals surface area contributed by atoms with Gasteiger partial charge in [0.2, 0.25) is 0 Å². The fourth-order valence-corrected chi connectivity index (χ4v) is 5.21. The molecule has 9 heteroatoms. The number of carbonyl (C=O) groups excluding carboxylic acids is 2. The van der Waals surface area contributed by atoms with Crippen LogP contribution in [0.5, 0.6) is 0 Å². The molecule has 194 valence electrons. The van der Waals surface area contributed by atoms with Crippen LogP contribution in [0.15, 0.2) is 78.0 Å². The molecule has 0 atom stereocenters. The zero-order chi connectivity index (χ0) is 26.4. The minimum Gasteiger partial charge on any atom is -0.465 e. The van der Waals surface area contributed by atoms with Crippen molar-refractivity contribution in [2.45, 2.75) is 36.9 Å². The Morgan fingerprint density at radius 1 is 0.973 bits per heavy atom. The molecule has 1 amide bonds. The largest absolute Gasteiger partial charge is 0.465 e. The predicted octanol–water partition coefficient (Wildman–Crippen LogP) is 3.58. The molecule has 1 fully saturated rings. The third kappa shape index (κ3) is 6.81. The van der Waals surface area contributed by atoms with Crippen LogP contribution in [0.3, 0.4) is 0 Å². The molecule has 1 aliphatic rings. The van der Waals surface area contributed by atoms with Gasteiger partial charge < -0.3 is 9.64 Å². The molecule has 8 nitrogen and oxygen atoms in total. The maximum atomic E-state index is 13.6. The summed E-state index contributed by atoms with van der Waals surface area (Å²) in [5.74, 6) is -0.475. The average molecular weight is 522 g/mol. The highest BCUT2D eigenvalue weighted by Gasteiger charge is 2.29. The summed E-state index contributed by atoms with van der Waals surface area (Å²) in [6.07, 6.45) is 6.25. The van der Waals surface area contributed by atoms with E-state index in [9.17, 15) is 18.0 Å². The molecule has 0 bridgehead atoms. The summed E-state index contributed by atoms with van der Waals surface area (Å²) in [6, 6.07) is 17.4. The van der Waals surface area contributed by atoms with E-state index in [4.69, 9.17) is 4.74 Å². The van der Waals surface area contributed by atoms with E-state index in [0.29, 0.717) is 17.7 Å². The molecule has 0 N–H and O–H groups in total. The van der Waals surface area contributed by atoms with Crippen LogP contribution in [-0.2, 0) is 27.7 Å². The van der Waals surface area contributed by atoms with Gasteiger partial charge in [-0.05, 0) is 66.4 Å². The Kier molecular flexibility index (Phi) is 8.35. The van der Waals surface area contributed by atoms with Crippen LogP contribution in [0.2, 0.25) is 0 Å². The lowest BCUT2D eigenvalue weighted by molar-refractivity contribution is 0.0541. The number of hydrogen-bond donors (Lipinski definition) is 0. The number of rotatable bonds is 8. The van der Waals surface area contributed by atoms with Crippen molar-refractivity contribution in [2.24, 2.45) is 0 Å². The van der Waals surface area contributed by atoms with Crippen molar-refractivity contribution in [3.63, 3.8) is 0 Å². The molecule has 3 aromatic rings. The molecular weight excluding hydrogens is 490 g/mol. The average Bonchev–Trinajstić information content (AvgIpc) is 2.92. The van der Waals surface area contributed by atoms with E-state index < -0.39 is 9.84 Å². The smallest absolute Gasteiger partial charge is 0.337 e. The summed E-state index contributed by atoms with van der Waals surface area (Å²) in [5.41, 5.74) is 3.04. The first-order valence-corrected chi connectivity index (χ1v) is 14.0. The second kappa shape index (κ2) is 11.7. The van der Waals surface area contributed by atoms with Gasteiger partial charge in [0.15, 0.2) is 9.84 Å². The predicted molar refractivity (Wildman–Crippen MR) is 140 cm³/mol. The lowest BCUT2D eigenvalue weighted by Crippen LogP contribution is -2.46. The highest BCUT2D eigenvalue weighted by atomic mass is 32.2. The van der Waals surface area contributed by atoms with Gasteiger partial charge in [-0.25, -0.2) is 13.2 Å². The number of amides is 1. The van der Waals surface area contributed by atoms with Crippen molar-refractivity contribution in [3.05, 3.63) is 95.3 Å². The minimum atomic E-state index is -3.34. The Balaban J connectivity index is 1.45. The number of esters is 1. The Hall–Kier alpha value is -3.56. The van der Waals surface area contributed by atoms with Gasteiger partial charge in [0.25, 0.3) is 5.91 Å². The molecule has 4 rings (SSSR count). The number of pyridine rings is 1. The van der Waals surface area contributed by atoms with E-state index in [1.54, 1.807) is 36.7 Å². The van der Waals surface area contributed by atoms with Gasteiger partial charge in [0, 0.05) is 56.4 Å². The highest BCUT2D eigenvalue weighted by molar-refractivity contribution is 7.90. The van der Waals surface area contributed by atoms with Crippen molar-refractivity contribution in [1.82, 2.24) is 14.8 Å². The van der Waals surface area contributed by atoms with Gasteiger partial charge in [-0.15, -0.1) is 0 Å². The Morgan fingerprint density at radius 3 is 2.19 bits per heavy atom. The number of nitrogens with zero attached hydrogens (tertiary/aromatic N) is 3. The zero-order valence-corrected chi connectivity index (χ0v) is 21.9. The summed E-state index contributed by atoms with van der Waals surface area (Å²) < 4.78 is 28.4. The van der Waals surface area contributed by atoms with Crippen molar-refractivity contribution in [1.29, 1.82) is 0 Å². The number of ether oxygens (including phenoxy) is 1. The topological polar surface area (TPSA) is 96.9 Å². The number of piperidine rings is 1. The molecule has 0 unspecified atom stereocenters. The first kappa shape index (κ1) is 26.5. The second-order valence-electron chi connectivity index (χ2n) is 9.29. The van der Waals surface area contributed by atoms with Crippen LogP contribution in [0.4, 0.5) is 0 Å². The molecule has 1 saturated heterocycles. The molecule has 2 heterocycles. The van der Waals surface area contributed by atoms with E-state index in [1.807, 2.05) is 29.2 Å². The third-order valence-electron chi connectivity index (χ3n) is 6.65. The highest BCUT2D eigenvalue weighted by Crippen LogP contribution is 2.23. The van der Waals surface area contributed by atoms with E-state index in [-0.39, 0.29) is 22.8 Å². The summed E-state index contributed by atoms with van der Waals surface area (Å²) >= 11 is 0. The van der Waals surface area contributed by atoms with Crippen molar-refractivity contribution in [2.75, 3.05) is 26.5 Å². The number of aromatic nitrogens is 1. The van der Waals surface area contributed by atoms with E-state index >= 15 is 0 Å². The monoisotopic (exact) mass is 521 g/mol. The molecule has 0 saturated carbocycles. The molecule has 0 radical (unpaired) electrons. The first-order valence-electron chi connectivity index (χ1n) is 12.1. The zero-order valence-electron chi connectivity index (χ0n) is 21.0. The third-order valence-corrected chi connectivity index (χ3v) is 7.77. The first-order chi connectivity index (χ1) is 17.7. The quantitative estimate of drug-likeness (QED) is 0.418. The number of hydrogen-bond acceptors (Lipinski definition) is 7. The van der Waals surface area contributed by atoms with E-state index in [2.05, 4.69) is 9.88 Å².